The summed E-state index contributed by atoms with van der Waals surface area (Å²) in [6.07, 6.45) is 3.57. The van der Waals surface area contributed by atoms with E-state index in [0.29, 0.717) is 6.61 Å². The molecule has 0 fully saturated rings. The molecular formula is C15H19N3O2. The minimum atomic E-state index is -0.551. The van der Waals surface area contributed by atoms with E-state index < -0.39 is 6.04 Å². The lowest BCUT2D eigenvalue weighted by atomic mass is 10.1. The predicted octanol–water partition coefficient (Wildman–Crippen LogP) is 1.55. The summed E-state index contributed by atoms with van der Waals surface area (Å²) < 4.78 is 5.58. The summed E-state index contributed by atoms with van der Waals surface area (Å²) in [6.45, 7) is 4.22. The summed E-state index contributed by atoms with van der Waals surface area (Å²) in [5.74, 6) is 0.652. The van der Waals surface area contributed by atoms with Crippen LogP contribution in [0.3, 0.4) is 0 Å². The Balaban J connectivity index is 1.96. The summed E-state index contributed by atoms with van der Waals surface area (Å²) >= 11 is 0. The highest BCUT2D eigenvalue weighted by Gasteiger charge is 2.16. The van der Waals surface area contributed by atoms with Gasteiger partial charge in [-0.3, -0.25) is 4.79 Å². The highest BCUT2D eigenvalue weighted by atomic mass is 16.5. The highest BCUT2D eigenvalue weighted by molar-refractivity contribution is 5.89. The smallest absolute Gasteiger partial charge is 0.257 e. The summed E-state index contributed by atoms with van der Waals surface area (Å²) in [4.78, 5) is 11.6. The van der Waals surface area contributed by atoms with Crippen LogP contribution >= 0.6 is 0 Å². The molecule has 106 valence electrons. The number of hydrogen-bond donors (Lipinski definition) is 2. The molecule has 20 heavy (non-hydrogen) atoms. The molecular weight excluding hydrogens is 254 g/mol. The highest BCUT2D eigenvalue weighted by Crippen LogP contribution is 2.24. The SMILES string of the molecule is CC(C)[C@@H](N)C(=O)N/N=C/C1=Cc2ccccc2OC1. The third-order valence-electron chi connectivity index (χ3n) is 3.08. The number of hydrogen-bond acceptors (Lipinski definition) is 4. The van der Waals surface area contributed by atoms with Crippen molar-refractivity contribution < 1.29 is 9.53 Å². The van der Waals surface area contributed by atoms with E-state index in [-0.39, 0.29) is 11.8 Å². The van der Waals surface area contributed by atoms with Crippen LogP contribution < -0.4 is 15.9 Å². The van der Waals surface area contributed by atoms with Crippen molar-refractivity contribution in [2.45, 2.75) is 19.9 Å². The van der Waals surface area contributed by atoms with E-state index in [2.05, 4.69) is 10.5 Å². The van der Waals surface area contributed by atoms with Gasteiger partial charge >= 0.3 is 0 Å². The van der Waals surface area contributed by atoms with Gasteiger partial charge in [0.05, 0.1) is 12.3 Å². The molecule has 0 unspecified atom stereocenters. The topological polar surface area (TPSA) is 76.7 Å². The van der Waals surface area contributed by atoms with Gasteiger partial charge < -0.3 is 10.5 Å². The number of carbonyl (C=O) groups is 1. The van der Waals surface area contributed by atoms with E-state index in [0.717, 1.165) is 16.9 Å². The Bertz CT molecular complexity index is 550. The molecule has 2 rings (SSSR count). The fourth-order valence-corrected chi connectivity index (χ4v) is 1.76. The summed E-state index contributed by atoms with van der Waals surface area (Å²) in [6, 6.07) is 7.21. The van der Waals surface area contributed by atoms with Gasteiger partial charge in [0.1, 0.15) is 12.4 Å². The van der Waals surface area contributed by atoms with E-state index in [1.807, 2.05) is 44.2 Å². The fourth-order valence-electron chi connectivity index (χ4n) is 1.76. The number of carbonyl (C=O) groups excluding carboxylic acids is 1. The van der Waals surface area contributed by atoms with Crippen molar-refractivity contribution in [1.29, 1.82) is 0 Å². The molecule has 0 saturated heterocycles. The van der Waals surface area contributed by atoms with Crippen molar-refractivity contribution in [3.8, 4) is 5.75 Å². The van der Waals surface area contributed by atoms with Crippen LogP contribution in [0.4, 0.5) is 0 Å². The molecule has 5 heteroatoms. The van der Waals surface area contributed by atoms with E-state index in [9.17, 15) is 4.79 Å². The van der Waals surface area contributed by atoms with Crippen LogP contribution in [0.15, 0.2) is 34.9 Å². The average Bonchev–Trinajstić information content (AvgIpc) is 2.46. The summed E-state index contributed by atoms with van der Waals surface area (Å²) in [5.41, 5.74) is 10.1. The molecule has 1 aliphatic heterocycles. The van der Waals surface area contributed by atoms with E-state index in [1.54, 1.807) is 6.21 Å². The zero-order chi connectivity index (χ0) is 14.5. The number of fused-ring (bicyclic) bond motifs is 1. The van der Waals surface area contributed by atoms with Gasteiger partial charge in [-0.2, -0.15) is 5.10 Å². The number of para-hydroxylation sites is 1. The number of benzene rings is 1. The van der Waals surface area contributed by atoms with E-state index in [1.165, 1.54) is 0 Å². The standard InChI is InChI=1S/C15H19N3O2/c1-10(2)14(16)15(19)18-17-8-11-7-12-5-3-4-6-13(12)20-9-11/h3-8,10,14H,9,16H2,1-2H3,(H,18,19)/b17-8+/t14-/m1/s1. The first-order chi connectivity index (χ1) is 9.58. The lowest BCUT2D eigenvalue weighted by Gasteiger charge is -2.15. The van der Waals surface area contributed by atoms with Crippen LogP contribution in [-0.2, 0) is 4.79 Å². The van der Waals surface area contributed by atoms with Crippen LogP contribution in [0.1, 0.15) is 19.4 Å². The Labute approximate surface area is 118 Å². The second-order valence-electron chi connectivity index (χ2n) is 5.05. The van der Waals surface area contributed by atoms with Gasteiger partial charge in [0.15, 0.2) is 0 Å². The maximum Gasteiger partial charge on any atom is 0.257 e. The minimum Gasteiger partial charge on any atom is -0.488 e. The third-order valence-corrected chi connectivity index (χ3v) is 3.08. The molecule has 0 aliphatic carbocycles. The van der Waals surface area contributed by atoms with Gasteiger partial charge in [-0.05, 0) is 18.1 Å². The molecule has 1 amide bonds. The maximum atomic E-state index is 11.6. The molecule has 1 heterocycles. The number of nitrogens with zero attached hydrogens (tertiary/aromatic N) is 1. The van der Waals surface area contributed by atoms with Crippen molar-refractivity contribution in [3.63, 3.8) is 0 Å². The molecule has 1 aromatic carbocycles. The van der Waals surface area contributed by atoms with Crippen LogP contribution in [0, 0.1) is 5.92 Å². The number of nitrogens with two attached hydrogens (primary N) is 1. The Kier molecular flexibility index (Phi) is 4.53. The first-order valence-electron chi connectivity index (χ1n) is 6.59. The molecule has 0 spiro atoms. The molecule has 1 aromatic rings. The van der Waals surface area contributed by atoms with Crippen LogP contribution in [0.25, 0.3) is 6.08 Å². The predicted molar refractivity (Wildman–Crippen MR) is 79.4 cm³/mol. The fraction of sp³-hybridized carbons (Fsp3) is 0.333. The van der Waals surface area contributed by atoms with Crippen molar-refractivity contribution in [1.82, 2.24) is 5.43 Å². The van der Waals surface area contributed by atoms with Gasteiger partial charge in [-0.25, -0.2) is 5.43 Å². The van der Waals surface area contributed by atoms with Crippen LogP contribution in [0.5, 0.6) is 5.75 Å². The molecule has 5 nitrogen and oxygen atoms in total. The second kappa shape index (κ2) is 6.34. The summed E-state index contributed by atoms with van der Waals surface area (Å²) in [5, 5.41) is 3.92. The number of ether oxygens (including phenoxy) is 1. The number of nitrogens with one attached hydrogen (secondary N) is 1. The number of amides is 1. The van der Waals surface area contributed by atoms with Gasteiger partial charge in [0.25, 0.3) is 5.91 Å². The van der Waals surface area contributed by atoms with Crippen molar-refractivity contribution in [3.05, 3.63) is 35.4 Å². The molecule has 3 N–H and O–H groups in total. The maximum absolute atomic E-state index is 11.6. The Hall–Kier alpha value is -2.14. The summed E-state index contributed by atoms with van der Waals surface area (Å²) in [7, 11) is 0. The lowest BCUT2D eigenvalue weighted by Crippen LogP contribution is -2.42. The number of rotatable bonds is 4. The van der Waals surface area contributed by atoms with E-state index in [4.69, 9.17) is 10.5 Å². The van der Waals surface area contributed by atoms with Gasteiger partial charge in [-0.15, -0.1) is 0 Å². The van der Waals surface area contributed by atoms with Gasteiger partial charge in [-0.1, -0.05) is 32.0 Å². The molecule has 0 radical (unpaired) electrons. The first kappa shape index (κ1) is 14.3. The van der Waals surface area contributed by atoms with Gasteiger partial charge in [0, 0.05) is 11.1 Å². The Morgan fingerprint density at radius 1 is 1.45 bits per heavy atom. The lowest BCUT2D eigenvalue weighted by molar-refractivity contribution is -0.123. The van der Waals surface area contributed by atoms with Crippen LogP contribution in [0.2, 0.25) is 0 Å². The Morgan fingerprint density at radius 3 is 2.95 bits per heavy atom. The van der Waals surface area contributed by atoms with Crippen molar-refractivity contribution in [2.24, 2.45) is 16.8 Å². The average molecular weight is 273 g/mol. The minimum absolute atomic E-state index is 0.0781. The molecule has 0 saturated carbocycles. The monoisotopic (exact) mass is 273 g/mol. The second-order valence-corrected chi connectivity index (χ2v) is 5.05. The zero-order valence-corrected chi connectivity index (χ0v) is 11.7. The molecule has 1 atom stereocenters. The first-order valence-corrected chi connectivity index (χ1v) is 6.59. The quantitative estimate of drug-likeness (QED) is 0.645. The molecule has 0 aromatic heterocycles. The number of hydrazone groups is 1. The normalized spacial score (nSPS) is 15.5. The van der Waals surface area contributed by atoms with Crippen LogP contribution in [-0.4, -0.2) is 24.8 Å². The molecule has 0 bridgehead atoms. The third kappa shape index (κ3) is 3.45. The zero-order valence-electron chi connectivity index (χ0n) is 11.7. The van der Waals surface area contributed by atoms with Crippen molar-refractivity contribution >= 4 is 18.2 Å². The van der Waals surface area contributed by atoms with Gasteiger partial charge in [0.2, 0.25) is 0 Å². The van der Waals surface area contributed by atoms with Crippen molar-refractivity contribution in [2.75, 3.05) is 6.61 Å². The molecule has 1 aliphatic rings. The Morgan fingerprint density at radius 2 is 2.20 bits per heavy atom. The largest absolute Gasteiger partial charge is 0.488 e. The van der Waals surface area contributed by atoms with E-state index >= 15 is 0 Å².